The number of carbonyl (C=O) groups is 2. The molecule has 4 nitrogen and oxygen atoms in total. The average molecular weight is 308 g/mol. The molecule has 0 spiro atoms. The molecule has 0 bridgehead atoms. The monoisotopic (exact) mass is 308 g/mol. The molecule has 0 amide bonds. The number of hydrogen-bond donors (Lipinski definition) is 1. The Morgan fingerprint density at radius 3 is 2.52 bits per heavy atom. The third-order valence-corrected chi connectivity index (χ3v) is 3.81. The average Bonchev–Trinajstić information content (AvgIpc) is 2.53. The van der Waals surface area contributed by atoms with Crippen LogP contribution in [-0.2, 0) is 9.59 Å². The van der Waals surface area contributed by atoms with E-state index in [-0.39, 0.29) is 12.8 Å². The molecule has 23 heavy (non-hydrogen) atoms. The molecule has 1 N–H and O–H groups in total. The van der Waals surface area contributed by atoms with E-state index in [9.17, 15) is 9.59 Å². The molecule has 3 rings (SSSR count). The summed E-state index contributed by atoms with van der Waals surface area (Å²) in [5, 5.41) is 12.4. The van der Waals surface area contributed by atoms with Gasteiger partial charge < -0.3 is 9.84 Å². The minimum Gasteiger partial charge on any atom is -0.481 e. The highest BCUT2D eigenvalue weighted by Crippen LogP contribution is 2.37. The van der Waals surface area contributed by atoms with Gasteiger partial charge in [0.2, 0.25) is 0 Å². The summed E-state index contributed by atoms with van der Waals surface area (Å²) in [4.78, 5) is 22.7. The Hall–Kier alpha value is -2.88. The lowest BCUT2D eigenvalue weighted by atomic mass is 9.99. The van der Waals surface area contributed by atoms with Crippen molar-refractivity contribution in [3.8, 4) is 5.75 Å². The van der Waals surface area contributed by atoms with Gasteiger partial charge in [-0.15, -0.1) is 0 Å². The lowest BCUT2D eigenvalue weighted by Gasteiger charge is -2.13. The molecule has 3 aromatic carbocycles. The molecule has 0 atom stereocenters. The molecule has 0 radical (unpaired) electrons. The van der Waals surface area contributed by atoms with Crippen LogP contribution in [0.25, 0.3) is 21.5 Å². The normalized spacial score (nSPS) is 10.8. The van der Waals surface area contributed by atoms with Crippen LogP contribution in [0.4, 0.5) is 0 Å². The Morgan fingerprint density at radius 2 is 1.74 bits per heavy atom. The molecule has 3 aromatic rings. The summed E-state index contributed by atoms with van der Waals surface area (Å²) >= 11 is 0. The van der Waals surface area contributed by atoms with Crippen LogP contribution in [0.5, 0.6) is 5.75 Å². The first-order valence-corrected chi connectivity index (χ1v) is 7.40. The molecule has 0 saturated heterocycles. The summed E-state index contributed by atoms with van der Waals surface area (Å²) in [5.74, 6) is -1.04. The van der Waals surface area contributed by atoms with E-state index >= 15 is 0 Å². The van der Waals surface area contributed by atoms with Crippen molar-refractivity contribution in [1.29, 1.82) is 0 Å². The van der Waals surface area contributed by atoms with E-state index in [1.54, 1.807) is 0 Å². The number of fused-ring (bicyclic) bond motifs is 2. The van der Waals surface area contributed by atoms with Crippen LogP contribution in [0.3, 0.4) is 0 Å². The first-order valence-electron chi connectivity index (χ1n) is 7.40. The van der Waals surface area contributed by atoms with Gasteiger partial charge >= 0.3 is 11.9 Å². The van der Waals surface area contributed by atoms with E-state index in [4.69, 9.17) is 9.84 Å². The summed E-state index contributed by atoms with van der Waals surface area (Å²) in [6.07, 6.45) is -0.382. The fourth-order valence-electron chi connectivity index (χ4n) is 2.73. The summed E-state index contributed by atoms with van der Waals surface area (Å²) in [7, 11) is 0. The molecule has 0 aliphatic carbocycles. The van der Waals surface area contributed by atoms with Gasteiger partial charge in [0.25, 0.3) is 0 Å². The number of benzene rings is 3. The van der Waals surface area contributed by atoms with Crippen LogP contribution in [0, 0.1) is 6.92 Å². The van der Waals surface area contributed by atoms with Crippen LogP contribution < -0.4 is 4.74 Å². The van der Waals surface area contributed by atoms with Gasteiger partial charge in [0.1, 0.15) is 5.75 Å². The van der Waals surface area contributed by atoms with E-state index < -0.39 is 11.9 Å². The fourth-order valence-corrected chi connectivity index (χ4v) is 2.73. The number of ether oxygens (including phenoxy) is 1. The minimum absolute atomic E-state index is 0.147. The second-order valence-electron chi connectivity index (χ2n) is 5.47. The number of carbonyl (C=O) groups excluding carboxylic acids is 1. The zero-order valence-corrected chi connectivity index (χ0v) is 12.7. The summed E-state index contributed by atoms with van der Waals surface area (Å²) < 4.78 is 5.57. The standard InChI is InChI=1S/C19H16O4/c1-12-5-4-7-14-11-13-6-2-3-8-15(13)19(18(12)14)23-17(22)10-9-16(20)21/h2-8,11H,9-10H2,1H3,(H,20,21). The number of aryl methyl sites for hydroxylation is 1. The van der Waals surface area contributed by atoms with Crippen molar-refractivity contribution in [3.63, 3.8) is 0 Å². The molecule has 0 aliphatic heterocycles. The van der Waals surface area contributed by atoms with Crippen molar-refractivity contribution < 1.29 is 19.4 Å². The van der Waals surface area contributed by atoms with Gasteiger partial charge in [-0.2, -0.15) is 0 Å². The lowest BCUT2D eigenvalue weighted by Crippen LogP contribution is -2.11. The molecular weight excluding hydrogens is 292 g/mol. The Morgan fingerprint density at radius 1 is 1.00 bits per heavy atom. The van der Waals surface area contributed by atoms with E-state index in [0.29, 0.717) is 5.75 Å². The number of carboxylic acid groups (broad SMARTS) is 1. The van der Waals surface area contributed by atoms with Crippen molar-refractivity contribution in [2.24, 2.45) is 0 Å². The second kappa shape index (κ2) is 6.08. The van der Waals surface area contributed by atoms with E-state index in [2.05, 4.69) is 6.07 Å². The van der Waals surface area contributed by atoms with E-state index in [1.807, 2.05) is 49.4 Å². The van der Waals surface area contributed by atoms with Gasteiger partial charge in [-0.05, 0) is 29.3 Å². The maximum Gasteiger partial charge on any atom is 0.311 e. The Balaban J connectivity index is 2.14. The third-order valence-electron chi connectivity index (χ3n) is 3.81. The molecule has 0 aliphatic rings. The van der Waals surface area contributed by atoms with Crippen LogP contribution >= 0.6 is 0 Å². The Bertz CT molecular complexity index is 912. The van der Waals surface area contributed by atoms with Gasteiger partial charge in [0, 0.05) is 10.8 Å². The first-order chi connectivity index (χ1) is 11.1. The van der Waals surface area contributed by atoms with Crippen molar-refractivity contribution in [1.82, 2.24) is 0 Å². The lowest BCUT2D eigenvalue weighted by molar-refractivity contribution is -0.142. The third kappa shape index (κ3) is 3.01. The van der Waals surface area contributed by atoms with Crippen LogP contribution in [-0.4, -0.2) is 17.0 Å². The molecule has 0 saturated carbocycles. The van der Waals surface area contributed by atoms with E-state index in [0.717, 1.165) is 27.1 Å². The highest BCUT2D eigenvalue weighted by molar-refractivity contribution is 6.07. The Kier molecular flexibility index (Phi) is 3.98. The fraction of sp³-hybridized carbons (Fsp3) is 0.158. The van der Waals surface area contributed by atoms with Crippen molar-refractivity contribution in [2.45, 2.75) is 19.8 Å². The number of carboxylic acids is 1. The quantitative estimate of drug-likeness (QED) is 0.448. The molecule has 0 unspecified atom stereocenters. The number of aliphatic carboxylic acids is 1. The molecular formula is C19H16O4. The molecule has 116 valence electrons. The second-order valence-corrected chi connectivity index (χ2v) is 5.47. The Labute approximate surface area is 133 Å². The molecule has 0 aromatic heterocycles. The first kappa shape index (κ1) is 15.0. The van der Waals surface area contributed by atoms with Gasteiger partial charge in [-0.1, -0.05) is 42.5 Å². The zero-order valence-electron chi connectivity index (χ0n) is 12.7. The SMILES string of the molecule is Cc1cccc2cc3ccccc3c(OC(=O)CCC(=O)O)c12. The summed E-state index contributed by atoms with van der Waals surface area (Å²) in [6.45, 7) is 1.96. The van der Waals surface area contributed by atoms with Crippen molar-refractivity contribution in [3.05, 3.63) is 54.1 Å². The van der Waals surface area contributed by atoms with Gasteiger partial charge in [-0.25, -0.2) is 0 Å². The predicted octanol–water partition coefficient (Wildman–Crippen LogP) is 4.07. The topological polar surface area (TPSA) is 63.6 Å². The maximum absolute atomic E-state index is 12.0. The predicted molar refractivity (Wildman–Crippen MR) is 88.7 cm³/mol. The largest absolute Gasteiger partial charge is 0.481 e. The maximum atomic E-state index is 12.0. The van der Waals surface area contributed by atoms with E-state index in [1.165, 1.54) is 0 Å². The number of hydrogen-bond acceptors (Lipinski definition) is 3. The minimum atomic E-state index is -1.01. The summed E-state index contributed by atoms with van der Waals surface area (Å²) in [6, 6.07) is 15.7. The van der Waals surface area contributed by atoms with Crippen molar-refractivity contribution >= 4 is 33.5 Å². The van der Waals surface area contributed by atoms with Gasteiger partial charge in [0.05, 0.1) is 12.8 Å². The van der Waals surface area contributed by atoms with Crippen LogP contribution in [0.2, 0.25) is 0 Å². The van der Waals surface area contributed by atoms with Crippen LogP contribution in [0.15, 0.2) is 48.5 Å². The highest BCUT2D eigenvalue weighted by atomic mass is 16.5. The smallest absolute Gasteiger partial charge is 0.311 e. The molecule has 0 fully saturated rings. The molecule has 4 heteroatoms. The molecule has 0 heterocycles. The van der Waals surface area contributed by atoms with Gasteiger partial charge in [0.15, 0.2) is 0 Å². The summed E-state index contributed by atoms with van der Waals surface area (Å²) in [5.41, 5.74) is 1.01. The van der Waals surface area contributed by atoms with Gasteiger partial charge in [-0.3, -0.25) is 9.59 Å². The highest BCUT2D eigenvalue weighted by Gasteiger charge is 2.15. The number of rotatable bonds is 4. The zero-order chi connectivity index (χ0) is 16.4. The van der Waals surface area contributed by atoms with Crippen molar-refractivity contribution in [2.75, 3.05) is 0 Å². The number of esters is 1. The van der Waals surface area contributed by atoms with Crippen LogP contribution in [0.1, 0.15) is 18.4 Å².